The SMILES string of the molecule is CNC(C(=O)OC)C1CC(C)=CC(C)C1. The first-order valence-electron chi connectivity index (χ1n) is 5.50. The number of nitrogens with one attached hydrogen (secondary N) is 1. The molecule has 0 amide bonds. The molecule has 3 unspecified atom stereocenters. The van der Waals surface area contributed by atoms with Crippen molar-refractivity contribution in [3.8, 4) is 0 Å². The highest BCUT2D eigenvalue weighted by atomic mass is 16.5. The van der Waals surface area contributed by atoms with Gasteiger partial charge in [0.05, 0.1) is 7.11 Å². The van der Waals surface area contributed by atoms with E-state index in [0.29, 0.717) is 11.8 Å². The number of ether oxygens (including phenoxy) is 1. The van der Waals surface area contributed by atoms with E-state index in [-0.39, 0.29) is 12.0 Å². The van der Waals surface area contributed by atoms with E-state index in [9.17, 15) is 4.79 Å². The second kappa shape index (κ2) is 5.31. The Morgan fingerprint density at radius 3 is 2.80 bits per heavy atom. The number of allylic oxidation sites excluding steroid dienone is 2. The van der Waals surface area contributed by atoms with E-state index in [1.807, 2.05) is 7.05 Å². The van der Waals surface area contributed by atoms with Crippen molar-refractivity contribution in [2.75, 3.05) is 14.2 Å². The van der Waals surface area contributed by atoms with Crippen LogP contribution in [0.5, 0.6) is 0 Å². The number of rotatable bonds is 3. The van der Waals surface area contributed by atoms with Gasteiger partial charge >= 0.3 is 5.97 Å². The fourth-order valence-electron chi connectivity index (χ4n) is 2.52. The van der Waals surface area contributed by atoms with Crippen molar-refractivity contribution in [1.82, 2.24) is 5.32 Å². The molecular weight excluding hydrogens is 190 g/mol. The first-order chi connectivity index (χ1) is 7.08. The van der Waals surface area contributed by atoms with Gasteiger partial charge < -0.3 is 10.1 Å². The molecule has 0 radical (unpaired) electrons. The van der Waals surface area contributed by atoms with Crippen LogP contribution in [0.2, 0.25) is 0 Å². The quantitative estimate of drug-likeness (QED) is 0.571. The average molecular weight is 211 g/mol. The van der Waals surface area contributed by atoms with Crippen LogP contribution in [0.25, 0.3) is 0 Å². The summed E-state index contributed by atoms with van der Waals surface area (Å²) < 4.78 is 4.81. The lowest BCUT2D eigenvalue weighted by Crippen LogP contribution is -2.43. The highest BCUT2D eigenvalue weighted by molar-refractivity contribution is 5.76. The Morgan fingerprint density at radius 1 is 1.67 bits per heavy atom. The van der Waals surface area contributed by atoms with Crippen molar-refractivity contribution < 1.29 is 9.53 Å². The zero-order chi connectivity index (χ0) is 11.4. The van der Waals surface area contributed by atoms with Crippen LogP contribution in [-0.2, 0) is 9.53 Å². The third kappa shape index (κ3) is 3.06. The van der Waals surface area contributed by atoms with Crippen LogP contribution in [0.4, 0.5) is 0 Å². The van der Waals surface area contributed by atoms with Crippen molar-refractivity contribution in [1.29, 1.82) is 0 Å². The molecule has 0 aromatic heterocycles. The zero-order valence-electron chi connectivity index (χ0n) is 10.0. The lowest BCUT2D eigenvalue weighted by molar-refractivity contribution is -0.144. The van der Waals surface area contributed by atoms with Crippen molar-refractivity contribution >= 4 is 5.97 Å². The van der Waals surface area contributed by atoms with Gasteiger partial charge in [-0.05, 0) is 38.6 Å². The third-order valence-corrected chi connectivity index (χ3v) is 3.07. The summed E-state index contributed by atoms with van der Waals surface area (Å²) in [5.41, 5.74) is 1.38. The minimum Gasteiger partial charge on any atom is -0.468 e. The molecule has 3 nitrogen and oxygen atoms in total. The van der Waals surface area contributed by atoms with Crippen LogP contribution in [0, 0.1) is 11.8 Å². The van der Waals surface area contributed by atoms with E-state index in [2.05, 4.69) is 25.2 Å². The summed E-state index contributed by atoms with van der Waals surface area (Å²) in [4.78, 5) is 11.6. The van der Waals surface area contributed by atoms with Crippen LogP contribution in [0.15, 0.2) is 11.6 Å². The molecular formula is C12H21NO2. The largest absolute Gasteiger partial charge is 0.468 e. The summed E-state index contributed by atoms with van der Waals surface area (Å²) in [6, 6.07) is -0.166. The normalized spacial score (nSPS) is 28.1. The number of likely N-dealkylation sites (N-methyl/N-ethyl adjacent to an activating group) is 1. The van der Waals surface area contributed by atoms with E-state index < -0.39 is 0 Å². The maximum absolute atomic E-state index is 11.6. The molecule has 1 aliphatic carbocycles. The van der Waals surface area contributed by atoms with Crippen LogP contribution < -0.4 is 5.32 Å². The summed E-state index contributed by atoms with van der Waals surface area (Å²) in [6.45, 7) is 4.33. The molecule has 0 aliphatic heterocycles. The topological polar surface area (TPSA) is 38.3 Å². The second-order valence-corrected chi connectivity index (χ2v) is 4.48. The second-order valence-electron chi connectivity index (χ2n) is 4.48. The molecule has 3 heteroatoms. The van der Waals surface area contributed by atoms with Gasteiger partial charge in [-0.1, -0.05) is 18.6 Å². The number of hydrogen-bond donors (Lipinski definition) is 1. The number of carbonyl (C=O) groups is 1. The molecule has 0 bridgehead atoms. The number of carbonyl (C=O) groups excluding carboxylic acids is 1. The van der Waals surface area contributed by atoms with Gasteiger partial charge in [0.2, 0.25) is 0 Å². The standard InChI is InChI=1S/C12H21NO2/c1-8-5-9(2)7-10(6-8)11(13-3)12(14)15-4/h5,8,10-11,13H,6-7H2,1-4H3. The number of esters is 1. The summed E-state index contributed by atoms with van der Waals surface area (Å²) in [5, 5.41) is 3.06. The Hall–Kier alpha value is -0.830. The lowest BCUT2D eigenvalue weighted by atomic mass is 9.79. The van der Waals surface area contributed by atoms with Gasteiger partial charge in [-0.2, -0.15) is 0 Å². The summed E-state index contributed by atoms with van der Waals surface area (Å²) >= 11 is 0. The predicted molar refractivity (Wildman–Crippen MR) is 60.5 cm³/mol. The van der Waals surface area contributed by atoms with Crippen LogP contribution >= 0.6 is 0 Å². The lowest BCUT2D eigenvalue weighted by Gasteiger charge is -2.30. The fourth-order valence-corrected chi connectivity index (χ4v) is 2.52. The Kier molecular flexibility index (Phi) is 4.33. The molecule has 3 atom stereocenters. The fraction of sp³-hybridized carbons (Fsp3) is 0.750. The van der Waals surface area contributed by atoms with Gasteiger partial charge in [0.15, 0.2) is 0 Å². The Labute approximate surface area is 91.9 Å². The molecule has 0 heterocycles. The van der Waals surface area contributed by atoms with Gasteiger partial charge in [0.1, 0.15) is 6.04 Å². The van der Waals surface area contributed by atoms with Gasteiger partial charge in [0, 0.05) is 0 Å². The van der Waals surface area contributed by atoms with Crippen molar-refractivity contribution in [2.45, 2.75) is 32.7 Å². The van der Waals surface area contributed by atoms with Gasteiger partial charge in [-0.15, -0.1) is 0 Å². The van der Waals surface area contributed by atoms with Gasteiger partial charge in [-0.3, -0.25) is 4.79 Å². The minimum absolute atomic E-state index is 0.149. The monoisotopic (exact) mass is 211 g/mol. The minimum atomic E-state index is -0.166. The van der Waals surface area contributed by atoms with Gasteiger partial charge in [0.25, 0.3) is 0 Å². The molecule has 86 valence electrons. The van der Waals surface area contributed by atoms with E-state index in [4.69, 9.17) is 4.74 Å². The Morgan fingerprint density at radius 2 is 2.33 bits per heavy atom. The highest BCUT2D eigenvalue weighted by Crippen LogP contribution is 2.30. The van der Waals surface area contributed by atoms with Crippen LogP contribution in [0.1, 0.15) is 26.7 Å². The Balaban J connectivity index is 2.70. The predicted octanol–water partition coefficient (Wildman–Crippen LogP) is 1.74. The molecule has 0 spiro atoms. The van der Waals surface area contributed by atoms with Crippen molar-refractivity contribution in [2.24, 2.45) is 11.8 Å². The van der Waals surface area contributed by atoms with Gasteiger partial charge in [-0.25, -0.2) is 0 Å². The molecule has 0 saturated carbocycles. The summed E-state index contributed by atoms with van der Waals surface area (Å²) in [6.07, 6.45) is 4.34. The number of hydrogen-bond acceptors (Lipinski definition) is 3. The van der Waals surface area contributed by atoms with Crippen molar-refractivity contribution in [3.63, 3.8) is 0 Å². The average Bonchev–Trinajstić information content (AvgIpc) is 2.17. The van der Waals surface area contributed by atoms with E-state index in [1.165, 1.54) is 12.7 Å². The summed E-state index contributed by atoms with van der Waals surface area (Å²) in [5.74, 6) is 0.774. The van der Waals surface area contributed by atoms with Crippen molar-refractivity contribution in [3.05, 3.63) is 11.6 Å². The van der Waals surface area contributed by atoms with E-state index >= 15 is 0 Å². The first kappa shape index (κ1) is 12.2. The van der Waals surface area contributed by atoms with E-state index in [0.717, 1.165) is 12.8 Å². The first-order valence-corrected chi connectivity index (χ1v) is 5.50. The third-order valence-electron chi connectivity index (χ3n) is 3.07. The Bertz CT molecular complexity index is 260. The molecule has 1 N–H and O–H groups in total. The zero-order valence-corrected chi connectivity index (χ0v) is 10.0. The van der Waals surface area contributed by atoms with E-state index in [1.54, 1.807) is 0 Å². The molecule has 1 aliphatic rings. The maximum Gasteiger partial charge on any atom is 0.323 e. The smallest absolute Gasteiger partial charge is 0.323 e. The number of methoxy groups -OCH3 is 1. The molecule has 1 rings (SSSR count). The van der Waals surface area contributed by atoms with Crippen LogP contribution in [0.3, 0.4) is 0 Å². The molecule has 0 saturated heterocycles. The molecule has 0 fully saturated rings. The molecule has 15 heavy (non-hydrogen) atoms. The molecule has 0 aromatic carbocycles. The summed E-state index contributed by atoms with van der Waals surface area (Å²) in [7, 11) is 3.27. The molecule has 0 aromatic rings. The maximum atomic E-state index is 11.6. The highest BCUT2D eigenvalue weighted by Gasteiger charge is 2.30. The van der Waals surface area contributed by atoms with Crippen LogP contribution in [-0.4, -0.2) is 26.2 Å².